The van der Waals surface area contributed by atoms with E-state index in [4.69, 9.17) is 4.74 Å². The topological polar surface area (TPSA) is 41.6 Å². The molecule has 1 aliphatic rings. The second-order valence-corrected chi connectivity index (χ2v) is 5.24. The molecule has 1 N–H and O–H groups in total. The van der Waals surface area contributed by atoms with E-state index in [0.717, 1.165) is 17.7 Å². The molecule has 0 unspecified atom stereocenters. The number of amides is 2. The van der Waals surface area contributed by atoms with Gasteiger partial charge in [-0.2, -0.15) is 0 Å². The first kappa shape index (κ1) is 15.4. The highest BCUT2D eigenvalue weighted by Crippen LogP contribution is 2.23. The number of anilines is 1. The number of carbonyl (C=O) groups excluding carboxylic acids is 1. The lowest BCUT2D eigenvalue weighted by molar-refractivity contribution is -0.0135. The number of benzene rings is 2. The standard InChI is InChI=1S/C17H16F2N2O2/c18-13-7-4-8-14(19)16(13)20-17(22)21-9-10-23-15(11-21)12-5-2-1-3-6-12/h1-8,15H,9-11H2,(H,20,22)/t15-/m1/s1. The number of rotatable bonds is 2. The number of hydrogen-bond donors (Lipinski definition) is 1. The third-order valence-electron chi connectivity index (χ3n) is 3.72. The fourth-order valence-corrected chi connectivity index (χ4v) is 2.51. The van der Waals surface area contributed by atoms with Crippen LogP contribution in [0.2, 0.25) is 0 Å². The van der Waals surface area contributed by atoms with Gasteiger partial charge in [0.1, 0.15) is 23.4 Å². The largest absolute Gasteiger partial charge is 0.370 e. The van der Waals surface area contributed by atoms with E-state index in [2.05, 4.69) is 5.32 Å². The lowest BCUT2D eigenvalue weighted by atomic mass is 10.1. The molecule has 0 spiro atoms. The fraction of sp³-hybridized carbons (Fsp3) is 0.235. The molecule has 120 valence electrons. The van der Waals surface area contributed by atoms with Crippen LogP contribution >= 0.6 is 0 Å². The SMILES string of the molecule is O=C(Nc1c(F)cccc1F)N1CCO[C@@H](c2ccccc2)C1. The van der Waals surface area contributed by atoms with E-state index in [1.807, 2.05) is 30.3 Å². The summed E-state index contributed by atoms with van der Waals surface area (Å²) in [6.45, 7) is 1.06. The highest BCUT2D eigenvalue weighted by atomic mass is 19.1. The maximum Gasteiger partial charge on any atom is 0.322 e. The van der Waals surface area contributed by atoms with E-state index < -0.39 is 23.4 Å². The molecule has 0 aromatic heterocycles. The summed E-state index contributed by atoms with van der Waals surface area (Å²) in [5, 5.41) is 2.30. The Morgan fingerprint density at radius 3 is 2.48 bits per heavy atom. The summed E-state index contributed by atoms with van der Waals surface area (Å²) in [5.41, 5.74) is 0.530. The van der Waals surface area contributed by atoms with E-state index >= 15 is 0 Å². The number of hydrogen-bond acceptors (Lipinski definition) is 2. The Balaban J connectivity index is 1.70. The first-order valence-corrected chi connectivity index (χ1v) is 7.31. The summed E-state index contributed by atoms with van der Waals surface area (Å²) in [4.78, 5) is 13.8. The number of carbonyl (C=O) groups is 1. The van der Waals surface area contributed by atoms with Crippen molar-refractivity contribution in [2.75, 3.05) is 25.0 Å². The highest BCUT2D eigenvalue weighted by Gasteiger charge is 2.26. The maximum absolute atomic E-state index is 13.6. The number of urea groups is 1. The van der Waals surface area contributed by atoms with Crippen LogP contribution in [0.4, 0.5) is 19.3 Å². The minimum atomic E-state index is -0.800. The van der Waals surface area contributed by atoms with E-state index in [0.29, 0.717) is 19.7 Å². The van der Waals surface area contributed by atoms with Gasteiger partial charge >= 0.3 is 6.03 Å². The normalized spacial score (nSPS) is 17.8. The lowest BCUT2D eigenvalue weighted by Crippen LogP contribution is -2.44. The summed E-state index contributed by atoms with van der Waals surface area (Å²) in [7, 11) is 0. The molecular formula is C17H16F2N2O2. The van der Waals surface area contributed by atoms with Gasteiger partial charge in [0.25, 0.3) is 0 Å². The molecular weight excluding hydrogens is 302 g/mol. The molecule has 4 nitrogen and oxygen atoms in total. The van der Waals surface area contributed by atoms with Gasteiger partial charge in [0.15, 0.2) is 0 Å². The van der Waals surface area contributed by atoms with Crippen molar-refractivity contribution in [3.8, 4) is 0 Å². The van der Waals surface area contributed by atoms with Crippen LogP contribution in [0.3, 0.4) is 0 Å². The lowest BCUT2D eigenvalue weighted by Gasteiger charge is -2.33. The summed E-state index contributed by atoms with van der Waals surface area (Å²) in [6, 6.07) is 12.4. The van der Waals surface area contributed by atoms with Crippen LogP contribution in [0.5, 0.6) is 0 Å². The molecule has 2 aromatic rings. The third kappa shape index (κ3) is 3.48. The summed E-state index contributed by atoms with van der Waals surface area (Å²) < 4.78 is 32.9. The Hall–Kier alpha value is -2.47. The minimum Gasteiger partial charge on any atom is -0.370 e. The van der Waals surface area contributed by atoms with Gasteiger partial charge in [-0.05, 0) is 17.7 Å². The van der Waals surface area contributed by atoms with E-state index in [-0.39, 0.29) is 6.10 Å². The van der Waals surface area contributed by atoms with Gasteiger partial charge in [-0.3, -0.25) is 0 Å². The van der Waals surface area contributed by atoms with Crippen molar-refractivity contribution in [2.45, 2.75) is 6.10 Å². The second kappa shape index (κ2) is 6.75. The van der Waals surface area contributed by atoms with Crippen molar-refractivity contribution < 1.29 is 18.3 Å². The second-order valence-electron chi connectivity index (χ2n) is 5.24. The van der Waals surface area contributed by atoms with E-state index in [1.165, 1.54) is 11.0 Å². The molecule has 2 amide bonds. The Morgan fingerprint density at radius 1 is 1.09 bits per heavy atom. The molecule has 0 bridgehead atoms. The van der Waals surface area contributed by atoms with Gasteiger partial charge in [-0.1, -0.05) is 36.4 Å². The zero-order chi connectivity index (χ0) is 16.2. The molecule has 1 saturated heterocycles. The Labute approximate surface area is 132 Å². The van der Waals surface area contributed by atoms with Crippen LogP contribution in [0, 0.1) is 11.6 Å². The van der Waals surface area contributed by atoms with Crippen LogP contribution in [-0.4, -0.2) is 30.6 Å². The van der Waals surface area contributed by atoms with Crippen LogP contribution in [0.25, 0.3) is 0 Å². The monoisotopic (exact) mass is 318 g/mol. The number of nitrogens with one attached hydrogen (secondary N) is 1. The zero-order valence-corrected chi connectivity index (χ0v) is 12.3. The van der Waals surface area contributed by atoms with Crippen molar-refractivity contribution in [1.82, 2.24) is 4.90 Å². The molecule has 1 atom stereocenters. The fourth-order valence-electron chi connectivity index (χ4n) is 2.51. The van der Waals surface area contributed by atoms with Crippen LogP contribution in [0.15, 0.2) is 48.5 Å². The summed E-state index contributed by atoms with van der Waals surface area (Å²) in [6.07, 6.45) is -0.249. The number of halogens is 2. The first-order valence-electron chi connectivity index (χ1n) is 7.31. The molecule has 0 saturated carbocycles. The summed E-state index contributed by atoms with van der Waals surface area (Å²) in [5.74, 6) is -1.60. The van der Waals surface area contributed by atoms with Crippen molar-refractivity contribution in [3.05, 3.63) is 65.7 Å². The molecule has 1 fully saturated rings. The van der Waals surface area contributed by atoms with Crippen LogP contribution in [-0.2, 0) is 4.74 Å². The average molecular weight is 318 g/mol. The van der Waals surface area contributed by atoms with Gasteiger partial charge in [0.05, 0.1) is 13.2 Å². The molecule has 2 aromatic carbocycles. The highest BCUT2D eigenvalue weighted by molar-refractivity contribution is 5.89. The Kier molecular flexibility index (Phi) is 4.52. The smallest absolute Gasteiger partial charge is 0.322 e. The zero-order valence-electron chi connectivity index (χ0n) is 12.3. The van der Waals surface area contributed by atoms with E-state index in [1.54, 1.807) is 0 Å². The van der Waals surface area contributed by atoms with Crippen molar-refractivity contribution in [3.63, 3.8) is 0 Å². The quantitative estimate of drug-likeness (QED) is 0.920. The number of nitrogens with zero attached hydrogens (tertiary/aromatic N) is 1. The van der Waals surface area contributed by atoms with Gasteiger partial charge in [-0.15, -0.1) is 0 Å². The third-order valence-corrected chi connectivity index (χ3v) is 3.72. The van der Waals surface area contributed by atoms with Crippen molar-refractivity contribution in [1.29, 1.82) is 0 Å². The van der Waals surface area contributed by atoms with Crippen molar-refractivity contribution in [2.24, 2.45) is 0 Å². The number of ether oxygens (including phenoxy) is 1. The molecule has 0 aliphatic carbocycles. The van der Waals surface area contributed by atoms with Gasteiger partial charge in [0.2, 0.25) is 0 Å². The van der Waals surface area contributed by atoms with Crippen LogP contribution in [0.1, 0.15) is 11.7 Å². The minimum absolute atomic E-state index is 0.249. The molecule has 23 heavy (non-hydrogen) atoms. The molecule has 6 heteroatoms. The molecule has 1 heterocycles. The molecule has 3 rings (SSSR count). The Bertz CT molecular complexity index is 674. The van der Waals surface area contributed by atoms with E-state index in [9.17, 15) is 13.6 Å². The molecule has 0 radical (unpaired) electrons. The summed E-state index contributed by atoms with van der Waals surface area (Å²) >= 11 is 0. The van der Waals surface area contributed by atoms with Crippen LogP contribution < -0.4 is 5.32 Å². The maximum atomic E-state index is 13.6. The van der Waals surface area contributed by atoms with Gasteiger partial charge in [0, 0.05) is 6.54 Å². The number of para-hydroxylation sites is 1. The first-order chi connectivity index (χ1) is 11.1. The van der Waals surface area contributed by atoms with Gasteiger partial charge < -0.3 is 15.0 Å². The Morgan fingerprint density at radius 2 is 1.78 bits per heavy atom. The average Bonchev–Trinajstić information content (AvgIpc) is 2.59. The predicted octanol–water partition coefficient (Wildman–Crippen LogP) is 3.57. The van der Waals surface area contributed by atoms with Gasteiger partial charge in [-0.25, -0.2) is 13.6 Å². The molecule has 1 aliphatic heterocycles. The number of morpholine rings is 1. The van der Waals surface area contributed by atoms with Crippen molar-refractivity contribution >= 4 is 11.7 Å². The predicted molar refractivity (Wildman–Crippen MR) is 82.1 cm³/mol.